The zero-order chi connectivity index (χ0) is 18.8. The van der Waals surface area contributed by atoms with Gasteiger partial charge in [-0.3, -0.25) is 0 Å². The normalized spacial score (nSPS) is 34.9. The Labute approximate surface area is 152 Å². The van der Waals surface area contributed by atoms with Crippen LogP contribution in [-0.4, -0.2) is 40.5 Å². The SMILES string of the molecule is CC(C)(C)[Si](C)(C)O[C@@H]1C[C@H]2O[C@@]2(C)[C@H](O[Si](C)(C)C(C)(C)C)C1. The molecule has 0 amide bonds. The number of fused-ring (bicyclic) bond motifs is 1. The molecule has 2 aliphatic rings. The molecule has 0 spiro atoms. The lowest BCUT2D eigenvalue weighted by atomic mass is 9.86. The second kappa shape index (κ2) is 5.91. The van der Waals surface area contributed by atoms with Crippen LogP contribution in [0.4, 0.5) is 0 Å². The third-order valence-corrected chi connectivity index (χ3v) is 16.1. The minimum Gasteiger partial charge on any atom is -0.414 e. The molecule has 3 nitrogen and oxygen atoms in total. The minimum absolute atomic E-state index is 0.0805. The van der Waals surface area contributed by atoms with Crippen LogP contribution in [0.1, 0.15) is 61.3 Å². The second-order valence-corrected chi connectivity index (χ2v) is 20.6. The van der Waals surface area contributed by atoms with Crippen molar-refractivity contribution in [3.63, 3.8) is 0 Å². The number of epoxide rings is 1. The van der Waals surface area contributed by atoms with Crippen LogP contribution in [0.25, 0.3) is 0 Å². The molecule has 1 aliphatic carbocycles. The molecule has 0 aromatic heterocycles. The van der Waals surface area contributed by atoms with Gasteiger partial charge >= 0.3 is 0 Å². The molecular formula is C19H40O3Si2. The maximum absolute atomic E-state index is 6.78. The van der Waals surface area contributed by atoms with Crippen LogP contribution in [-0.2, 0) is 13.6 Å². The first-order valence-electron chi connectivity index (χ1n) is 9.53. The van der Waals surface area contributed by atoms with Gasteiger partial charge in [-0.25, -0.2) is 0 Å². The summed E-state index contributed by atoms with van der Waals surface area (Å²) in [6.07, 6.45) is 2.77. The predicted octanol–water partition coefficient (Wildman–Crippen LogP) is 5.72. The molecule has 0 N–H and O–H groups in total. The van der Waals surface area contributed by atoms with Crippen LogP contribution < -0.4 is 0 Å². The first-order valence-corrected chi connectivity index (χ1v) is 15.3. The van der Waals surface area contributed by atoms with E-state index < -0.39 is 16.6 Å². The number of ether oxygens (including phenoxy) is 1. The van der Waals surface area contributed by atoms with Gasteiger partial charge in [-0.05, 0) is 43.2 Å². The molecule has 4 atom stereocenters. The van der Waals surface area contributed by atoms with E-state index >= 15 is 0 Å². The lowest BCUT2D eigenvalue weighted by molar-refractivity contribution is 0.0354. The third-order valence-electron chi connectivity index (χ3n) is 7.08. The van der Waals surface area contributed by atoms with Crippen molar-refractivity contribution in [3.05, 3.63) is 0 Å². The minimum atomic E-state index is -1.80. The van der Waals surface area contributed by atoms with E-state index in [-0.39, 0.29) is 27.9 Å². The number of rotatable bonds is 4. The zero-order valence-corrected chi connectivity index (χ0v) is 19.9. The van der Waals surface area contributed by atoms with Crippen LogP contribution in [0.15, 0.2) is 0 Å². The van der Waals surface area contributed by atoms with Gasteiger partial charge in [0.1, 0.15) is 5.60 Å². The van der Waals surface area contributed by atoms with Crippen LogP contribution >= 0.6 is 0 Å². The molecule has 1 saturated carbocycles. The lowest BCUT2D eigenvalue weighted by Crippen LogP contribution is -2.53. The van der Waals surface area contributed by atoms with Gasteiger partial charge in [0.15, 0.2) is 16.6 Å². The summed E-state index contributed by atoms with van der Waals surface area (Å²) < 4.78 is 19.6. The van der Waals surface area contributed by atoms with E-state index in [1.807, 2.05) is 0 Å². The van der Waals surface area contributed by atoms with Crippen LogP contribution in [0, 0.1) is 0 Å². The Balaban J connectivity index is 2.11. The molecule has 142 valence electrons. The van der Waals surface area contributed by atoms with Gasteiger partial charge in [-0.2, -0.15) is 0 Å². The highest BCUT2D eigenvalue weighted by Gasteiger charge is 2.63. The predicted molar refractivity (Wildman–Crippen MR) is 107 cm³/mol. The van der Waals surface area contributed by atoms with Crippen molar-refractivity contribution in [2.75, 3.05) is 0 Å². The van der Waals surface area contributed by atoms with Crippen molar-refractivity contribution in [2.45, 2.75) is 121 Å². The summed E-state index contributed by atoms with van der Waals surface area (Å²) in [5.41, 5.74) is -0.0805. The summed E-state index contributed by atoms with van der Waals surface area (Å²) in [5.74, 6) is 0. The van der Waals surface area contributed by atoms with E-state index in [2.05, 4.69) is 74.7 Å². The molecule has 24 heavy (non-hydrogen) atoms. The van der Waals surface area contributed by atoms with E-state index in [0.717, 1.165) is 12.8 Å². The summed E-state index contributed by atoms with van der Waals surface area (Å²) in [7, 11) is -3.56. The van der Waals surface area contributed by atoms with E-state index in [9.17, 15) is 0 Å². The highest BCUT2D eigenvalue weighted by atomic mass is 28.4. The van der Waals surface area contributed by atoms with Crippen LogP contribution in [0.2, 0.25) is 36.3 Å². The van der Waals surface area contributed by atoms with E-state index in [4.69, 9.17) is 13.6 Å². The first-order chi connectivity index (χ1) is 10.5. The average molecular weight is 373 g/mol. The van der Waals surface area contributed by atoms with Crippen LogP contribution in [0.3, 0.4) is 0 Å². The lowest BCUT2D eigenvalue weighted by Gasteiger charge is -2.45. The molecule has 0 bridgehead atoms. The standard InChI is InChI=1S/C19H40O3Si2/c1-17(2,3)23(8,9)21-14-12-15-19(7,20-15)16(13-14)22-24(10,11)18(4,5)6/h14-16H,12-13H2,1-11H3/t14-,15-,16-,19-/m1/s1. The number of hydrogen-bond acceptors (Lipinski definition) is 3. The second-order valence-electron chi connectivity index (χ2n) is 11.1. The average Bonchev–Trinajstić information content (AvgIpc) is 2.97. The van der Waals surface area contributed by atoms with Crippen molar-refractivity contribution in [1.29, 1.82) is 0 Å². The largest absolute Gasteiger partial charge is 0.414 e. The van der Waals surface area contributed by atoms with Gasteiger partial charge in [-0.1, -0.05) is 41.5 Å². The molecule has 5 heteroatoms. The van der Waals surface area contributed by atoms with Crippen molar-refractivity contribution >= 4 is 16.6 Å². The summed E-state index contributed by atoms with van der Waals surface area (Å²) in [6.45, 7) is 25.4. The van der Waals surface area contributed by atoms with Gasteiger partial charge in [0, 0.05) is 12.8 Å². The van der Waals surface area contributed by atoms with Gasteiger partial charge in [0.2, 0.25) is 0 Å². The molecule has 0 radical (unpaired) electrons. The molecule has 1 saturated heterocycles. The molecule has 1 heterocycles. The molecule has 0 unspecified atom stereocenters. The first kappa shape index (κ1) is 20.6. The zero-order valence-electron chi connectivity index (χ0n) is 17.9. The highest BCUT2D eigenvalue weighted by Crippen LogP contribution is 2.52. The Morgan fingerprint density at radius 3 is 1.75 bits per heavy atom. The van der Waals surface area contributed by atoms with E-state index in [1.54, 1.807) is 0 Å². The van der Waals surface area contributed by atoms with Gasteiger partial charge in [-0.15, -0.1) is 0 Å². The number of hydrogen-bond donors (Lipinski definition) is 0. The fourth-order valence-electron chi connectivity index (χ4n) is 3.03. The van der Waals surface area contributed by atoms with E-state index in [0.29, 0.717) is 6.10 Å². The maximum Gasteiger partial charge on any atom is 0.192 e. The van der Waals surface area contributed by atoms with E-state index in [1.165, 1.54) is 0 Å². The summed E-state index contributed by atoms with van der Waals surface area (Å²) in [6, 6.07) is 0. The Hall–Kier alpha value is 0.314. The highest BCUT2D eigenvalue weighted by molar-refractivity contribution is 6.74. The Bertz CT molecular complexity index is 476. The van der Waals surface area contributed by atoms with Gasteiger partial charge in [0.05, 0.1) is 18.3 Å². The molecule has 1 aliphatic heterocycles. The fraction of sp³-hybridized carbons (Fsp3) is 1.00. The van der Waals surface area contributed by atoms with Crippen molar-refractivity contribution in [2.24, 2.45) is 0 Å². The van der Waals surface area contributed by atoms with Gasteiger partial charge in [0.25, 0.3) is 0 Å². The topological polar surface area (TPSA) is 31.0 Å². The van der Waals surface area contributed by atoms with Crippen molar-refractivity contribution in [1.82, 2.24) is 0 Å². The molecular weight excluding hydrogens is 332 g/mol. The third kappa shape index (κ3) is 3.85. The maximum atomic E-state index is 6.78. The van der Waals surface area contributed by atoms with Crippen molar-refractivity contribution < 1.29 is 13.6 Å². The van der Waals surface area contributed by atoms with Crippen molar-refractivity contribution in [3.8, 4) is 0 Å². The molecule has 0 aromatic carbocycles. The quantitative estimate of drug-likeness (QED) is 0.467. The Kier molecular flexibility index (Phi) is 5.08. The summed E-state index contributed by atoms with van der Waals surface area (Å²) in [5, 5.41) is 0.467. The van der Waals surface area contributed by atoms with Crippen LogP contribution in [0.5, 0.6) is 0 Å². The summed E-state index contributed by atoms with van der Waals surface area (Å²) >= 11 is 0. The summed E-state index contributed by atoms with van der Waals surface area (Å²) in [4.78, 5) is 0. The Morgan fingerprint density at radius 1 is 0.833 bits per heavy atom. The fourth-order valence-corrected chi connectivity index (χ4v) is 5.81. The molecule has 0 aromatic rings. The Morgan fingerprint density at radius 2 is 1.29 bits per heavy atom. The monoisotopic (exact) mass is 372 g/mol. The smallest absolute Gasteiger partial charge is 0.192 e. The van der Waals surface area contributed by atoms with Gasteiger partial charge < -0.3 is 13.6 Å². The molecule has 2 fully saturated rings. The molecule has 2 rings (SSSR count).